The van der Waals surface area contributed by atoms with Crippen LogP contribution in [0.2, 0.25) is 0 Å². The highest BCUT2D eigenvalue weighted by molar-refractivity contribution is 5.72. The van der Waals surface area contributed by atoms with Gasteiger partial charge in [-0.25, -0.2) is 0 Å². The van der Waals surface area contributed by atoms with E-state index < -0.39 is 0 Å². The predicted octanol–water partition coefficient (Wildman–Crippen LogP) is 5.16. The lowest BCUT2D eigenvalue weighted by atomic mass is 9.87. The topological polar surface area (TPSA) is 96.8 Å². The minimum Gasteiger partial charge on any atom is -0.490 e. The lowest BCUT2D eigenvalue weighted by Crippen LogP contribution is -2.29. The van der Waals surface area contributed by atoms with Gasteiger partial charge in [-0.3, -0.25) is 19.6 Å². The number of rotatable bonds is 8. The van der Waals surface area contributed by atoms with Crippen molar-refractivity contribution in [2.75, 3.05) is 13.2 Å². The van der Waals surface area contributed by atoms with Crippen molar-refractivity contribution in [1.82, 2.24) is 9.97 Å². The molecule has 8 heteroatoms. The number of pyridine rings is 2. The fourth-order valence-electron chi connectivity index (χ4n) is 4.57. The van der Waals surface area contributed by atoms with Crippen LogP contribution in [-0.4, -0.2) is 47.3 Å². The van der Waals surface area contributed by atoms with Gasteiger partial charge < -0.3 is 18.9 Å². The van der Waals surface area contributed by atoms with Gasteiger partial charge >= 0.3 is 11.9 Å². The van der Waals surface area contributed by atoms with Crippen molar-refractivity contribution in [2.24, 2.45) is 11.8 Å². The molecule has 8 nitrogen and oxygen atoms in total. The monoisotopic (exact) mass is 498 g/mol. The van der Waals surface area contributed by atoms with Crippen molar-refractivity contribution < 1.29 is 28.5 Å². The van der Waals surface area contributed by atoms with Crippen molar-refractivity contribution in [3.63, 3.8) is 0 Å². The molecular weight excluding hydrogens is 460 g/mol. The molecule has 0 N–H and O–H groups in total. The third-order valence-corrected chi connectivity index (χ3v) is 6.49. The summed E-state index contributed by atoms with van der Waals surface area (Å²) >= 11 is 0. The second kappa shape index (κ2) is 15.1. The molecule has 0 aliphatic heterocycles. The lowest BCUT2D eigenvalue weighted by Gasteiger charge is -2.27. The number of carbonyl (C=O) groups is 2. The lowest BCUT2D eigenvalue weighted by molar-refractivity contribution is -0.150. The van der Waals surface area contributed by atoms with E-state index in [0.717, 1.165) is 62.9 Å². The molecule has 2 aliphatic rings. The summed E-state index contributed by atoms with van der Waals surface area (Å²) in [5.41, 5.74) is 0. The number of hydrogen-bond acceptors (Lipinski definition) is 8. The van der Waals surface area contributed by atoms with Gasteiger partial charge in [0.2, 0.25) is 0 Å². The Balaban J connectivity index is 0.000000201. The van der Waals surface area contributed by atoms with Crippen LogP contribution in [0.3, 0.4) is 0 Å². The molecule has 0 saturated heterocycles. The summed E-state index contributed by atoms with van der Waals surface area (Å²) in [6, 6.07) is 7.43. The summed E-state index contributed by atoms with van der Waals surface area (Å²) in [5.74, 6) is 1.71. The number of ether oxygens (including phenoxy) is 4. The van der Waals surface area contributed by atoms with Gasteiger partial charge in [0.1, 0.15) is 11.5 Å². The average Bonchev–Trinajstić information content (AvgIpc) is 2.91. The van der Waals surface area contributed by atoms with E-state index in [4.69, 9.17) is 18.9 Å². The summed E-state index contributed by atoms with van der Waals surface area (Å²) in [5, 5.41) is 0. The minimum atomic E-state index is -0.0557. The maximum Gasteiger partial charge on any atom is 0.308 e. The zero-order valence-electron chi connectivity index (χ0n) is 21.3. The van der Waals surface area contributed by atoms with Crippen LogP contribution >= 0.6 is 0 Å². The first-order chi connectivity index (χ1) is 17.6. The van der Waals surface area contributed by atoms with Crippen LogP contribution in [0.25, 0.3) is 0 Å². The summed E-state index contributed by atoms with van der Waals surface area (Å²) < 4.78 is 21.8. The van der Waals surface area contributed by atoms with Crippen LogP contribution in [0.15, 0.2) is 49.1 Å². The summed E-state index contributed by atoms with van der Waals surface area (Å²) in [6.07, 6.45) is 14.4. The van der Waals surface area contributed by atoms with Crippen LogP contribution in [0, 0.1) is 11.8 Å². The molecule has 2 aromatic rings. The minimum absolute atomic E-state index is 0.0557. The van der Waals surface area contributed by atoms with E-state index in [1.54, 1.807) is 24.8 Å². The summed E-state index contributed by atoms with van der Waals surface area (Å²) in [6.45, 7) is 4.62. The van der Waals surface area contributed by atoms with Gasteiger partial charge in [-0.1, -0.05) is 0 Å². The van der Waals surface area contributed by atoms with E-state index in [1.807, 2.05) is 38.1 Å². The second-order valence-corrected chi connectivity index (χ2v) is 9.05. The van der Waals surface area contributed by atoms with Crippen LogP contribution in [0.1, 0.15) is 65.2 Å². The van der Waals surface area contributed by atoms with E-state index in [0.29, 0.717) is 13.2 Å². The zero-order valence-corrected chi connectivity index (χ0v) is 21.3. The Morgan fingerprint density at radius 3 is 1.28 bits per heavy atom. The molecule has 0 amide bonds. The predicted molar refractivity (Wildman–Crippen MR) is 134 cm³/mol. The van der Waals surface area contributed by atoms with Gasteiger partial charge in [-0.15, -0.1) is 0 Å². The SMILES string of the molecule is CCOC(=O)C1CCC(Oc2ccncc2)CC1.CCOC(=O)C1CCC(Oc2ccncc2)CC1. The fraction of sp³-hybridized carbons (Fsp3) is 0.571. The van der Waals surface area contributed by atoms with Crippen molar-refractivity contribution in [3.8, 4) is 11.5 Å². The molecule has 2 aromatic heterocycles. The largest absolute Gasteiger partial charge is 0.490 e. The normalized spacial score (nSPS) is 23.4. The van der Waals surface area contributed by atoms with Crippen molar-refractivity contribution in [1.29, 1.82) is 0 Å². The first kappa shape index (κ1) is 27.4. The molecule has 0 bridgehead atoms. The molecule has 2 fully saturated rings. The highest BCUT2D eigenvalue weighted by atomic mass is 16.5. The quantitative estimate of drug-likeness (QED) is 0.460. The van der Waals surface area contributed by atoms with Crippen LogP contribution in [0.5, 0.6) is 11.5 Å². The molecule has 2 heterocycles. The van der Waals surface area contributed by atoms with Gasteiger partial charge in [-0.05, 0) is 89.5 Å². The molecule has 0 atom stereocenters. The molecule has 2 aliphatic carbocycles. The maximum atomic E-state index is 11.6. The first-order valence-electron chi connectivity index (χ1n) is 13.1. The van der Waals surface area contributed by atoms with Crippen LogP contribution in [0.4, 0.5) is 0 Å². The van der Waals surface area contributed by atoms with Gasteiger partial charge in [0.05, 0.1) is 37.3 Å². The number of nitrogens with zero attached hydrogens (tertiary/aromatic N) is 2. The van der Waals surface area contributed by atoms with E-state index >= 15 is 0 Å². The Morgan fingerprint density at radius 2 is 0.972 bits per heavy atom. The van der Waals surface area contributed by atoms with E-state index in [1.165, 1.54) is 0 Å². The zero-order chi connectivity index (χ0) is 25.6. The van der Waals surface area contributed by atoms with E-state index in [9.17, 15) is 9.59 Å². The number of carbonyl (C=O) groups excluding carboxylic acids is 2. The van der Waals surface area contributed by atoms with Crippen molar-refractivity contribution in [2.45, 2.75) is 77.4 Å². The molecule has 2 saturated carbocycles. The van der Waals surface area contributed by atoms with Gasteiger partial charge in [-0.2, -0.15) is 0 Å². The van der Waals surface area contributed by atoms with Crippen molar-refractivity contribution >= 4 is 11.9 Å². The standard InChI is InChI=1S/2C14H19NO3/c2*1-2-17-14(16)11-3-5-12(6-4-11)18-13-7-9-15-10-8-13/h2*7-12H,2-6H2,1H3. The summed E-state index contributed by atoms with van der Waals surface area (Å²) in [7, 11) is 0. The number of esters is 2. The average molecular weight is 499 g/mol. The summed E-state index contributed by atoms with van der Waals surface area (Å²) in [4.78, 5) is 31.1. The highest BCUT2D eigenvalue weighted by Crippen LogP contribution is 2.29. The molecule has 0 unspecified atom stereocenters. The van der Waals surface area contributed by atoms with E-state index in [-0.39, 0.29) is 36.0 Å². The fourth-order valence-corrected chi connectivity index (χ4v) is 4.57. The Labute approximate surface area is 213 Å². The number of hydrogen-bond donors (Lipinski definition) is 0. The van der Waals surface area contributed by atoms with Crippen molar-refractivity contribution in [3.05, 3.63) is 49.1 Å². The molecule has 4 rings (SSSR count). The Morgan fingerprint density at radius 1 is 0.639 bits per heavy atom. The smallest absolute Gasteiger partial charge is 0.308 e. The van der Waals surface area contributed by atoms with Crippen LogP contribution < -0.4 is 9.47 Å². The third kappa shape index (κ3) is 9.13. The van der Waals surface area contributed by atoms with Gasteiger partial charge in [0.25, 0.3) is 0 Å². The molecule has 0 aromatic carbocycles. The molecular formula is C28H38N2O6. The highest BCUT2D eigenvalue weighted by Gasteiger charge is 2.29. The van der Waals surface area contributed by atoms with Gasteiger partial charge in [0, 0.05) is 24.8 Å². The maximum absolute atomic E-state index is 11.6. The Hall–Kier alpha value is -3.16. The molecule has 36 heavy (non-hydrogen) atoms. The van der Waals surface area contributed by atoms with Crippen LogP contribution in [-0.2, 0) is 19.1 Å². The number of aromatic nitrogens is 2. The molecule has 0 radical (unpaired) electrons. The Kier molecular flexibility index (Phi) is 11.5. The first-order valence-corrected chi connectivity index (χ1v) is 13.1. The molecule has 196 valence electrons. The Bertz CT molecular complexity index is 819. The third-order valence-electron chi connectivity index (χ3n) is 6.49. The second-order valence-electron chi connectivity index (χ2n) is 9.05. The van der Waals surface area contributed by atoms with Gasteiger partial charge in [0.15, 0.2) is 0 Å². The molecule has 0 spiro atoms. The van der Waals surface area contributed by atoms with E-state index in [2.05, 4.69) is 9.97 Å².